The summed E-state index contributed by atoms with van der Waals surface area (Å²) in [6.07, 6.45) is 0. The largest absolute Gasteiger partial charge is 0.367 e. The molecule has 0 atom stereocenters. The first-order valence-electron chi connectivity index (χ1n) is 8.95. The van der Waals surface area contributed by atoms with Gasteiger partial charge in [0.1, 0.15) is 9.88 Å². The molecule has 1 aromatic heterocycles. The van der Waals surface area contributed by atoms with Gasteiger partial charge < -0.3 is 9.80 Å². The first-order valence-corrected chi connectivity index (χ1v) is 10.1. The van der Waals surface area contributed by atoms with Gasteiger partial charge in [0.2, 0.25) is 0 Å². The first kappa shape index (κ1) is 18.0. The second-order valence-corrected chi connectivity index (χ2v) is 7.94. The highest BCUT2D eigenvalue weighted by Crippen LogP contribution is 2.30. The molecule has 1 aliphatic rings. The zero-order valence-electron chi connectivity index (χ0n) is 15.1. The van der Waals surface area contributed by atoms with Gasteiger partial charge in [0.05, 0.1) is 16.4 Å². The summed E-state index contributed by atoms with van der Waals surface area (Å²) in [5, 5.41) is 1.65. The predicted molar refractivity (Wildman–Crippen MR) is 112 cm³/mol. The molecule has 0 radical (unpaired) electrons. The molecule has 138 valence electrons. The lowest BCUT2D eigenvalue weighted by atomic mass is 10.2. The number of aromatic nitrogens is 1. The van der Waals surface area contributed by atoms with Crippen molar-refractivity contribution in [1.29, 1.82) is 0 Å². The number of thiazole rings is 1. The fourth-order valence-corrected chi connectivity index (χ4v) is 4.60. The van der Waals surface area contributed by atoms with Crippen LogP contribution in [0.1, 0.15) is 15.4 Å². The summed E-state index contributed by atoms with van der Waals surface area (Å²) in [5.74, 6) is 0.0750. The predicted octanol–water partition coefficient (Wildman–Crippen LogP) is 4.73. The molecule has 1 amide bonds. The molecule has 6 heteroatoms. The molecule has 0 N–H and O–H groups in total. The highest BCUT2D eigenvalue weighted by Gasteiger charge is 2.26. The van der Waals surface area contributed by atoms with E-state index >= 15 is 0 Å². The molecule has 2 heterocycles. The van der Waals surface area contributed by atoms with Crippen LogP contribution in [0, 0.1) is 6.92 Å². The van der Waals surface area contributed by atoms with E-state index in [2.05, 4.69) is 9.88 Å². The molecule has 0 saturated carbocycles. The van der Waals surface area contributed by atoms with Crippen LogP contribution in [-0.4, -0.2) is 42.0 Å². The number of anilines is 1. The number of piperazine rings is 1. The lowest BCUT2D eigenvalue weighted by molar-refractivity contribution is 0.0750. The highest BCUT2D eigenvalue weighted by molar-refractivity contribution is 7.17. The Bertz CT molecular complexity index is 949. The minimum absolute atomic E-state index is 0.0750. The normalized spacial score (nSPS) is 14.4. The second-order valence-electron chi connectivity index (χ2n) is 6.53. The van der Waals surface area contributed by atoms with Crippen LogP contribution >= 0.6 is 22.9 Å². The average molecular weight is 398 g/mol. The van der Waals surface area contributed by atoms with Crippen LogP contribution in [0.5, 0.6) is 0 Å². The van der Waals surface area contributed by atoms with E-state index in [1.807, 2.05) is 66.4 Å². The summed E-state index contributed by atoms with van der Waals surface area (Å²) in [6, 6.07) is 17.9. The molecule has 4 rings (SSSR count). The lowest BCUT2D eigenvalue weighted by Crippen LogP contribution is -2.48. The van der Waals surface area contributed by atoms with E-state index < -0.39 is 0 Å². The quantitative estimate of drug-likeness (QED) is 0.640. The van der Waals surface area contributed by atoms with Gasteiger partial charge in [0, 0.05) is 31.7 Å². The van der Waals surface area contributed by atoms with Crippen molar-refractivity contribution >= 4 is 34.5 Å². The van der Waals surface area contributed by atoms with Crippen molar-refractivity contribution in [3.8, 4) is 10.6 Å². The molecule has 4 nitrogen and oxygen atoms in total. The second kappa shape index (κ2) is 7.71. The highest BCUT2D eigenvalue weighted by atomic mass is 35.5. The van der Waals surface area contributed by atoms with E-state index in [0.29, 0.717) is 13.1 Å². The minimum Gasteiger partial charge on any atom is -0.367 e. The van der Waals surface area contributed by atoms with Gasteiger partial charge in [-0.3, -0.25) is 4.79 Å². The summed E-state index contributed by atoms with van der Waals surface area (Å²) < 4.78 is 0. The van der Waals surface area contributed by atoms with Crippen LogP contribution in [0.2, 0.25) is 5.02 Å². The van der Waals surface area contributed by atoms with Crippen LogP contribution in [-0.2, 0) is 0 Å². The molecule has 1 fully saturated rings. The fourth-order valence-electron chi connectivity index (χ4n) is 3.30. The number of aryl methyl sites for hydroxylation is 1. The van der Waals surface area contributed by atoms with E-state index in [-0.39, 0.29) is 5.91 Å². The van der Waals surface area contributed by atoms with E-state index in [1.165, 1.54) is 11.3 Å². The van der Waals surface area contributed by atoms with Crippen LogP contribution < -0.4 is 4.90 Å². The number of carbonyl (C=O) groups is 1. The summed E-state index contributed by atoms with van der Waals surface area (Å²) in [4.78, 5) is 22.5. The number of amides is 1. The minimum atomic E-state index is 0.0750. The van der Waals surface area contributed by atoms with Gasteiger partial charge in [0.15, 0.2) is 0 Å². The number of rotatable bonds is 3. The molecule has 2 aromatic carbocycles. The smallest absolute Gasteiger partial charge is 0.265 e. The Labute approximate surface area is 168 Å². The molecule has 3 aromatic rings. The number of nitrogens with zero attached hydrogens (tertiary/aromatic N) is 3. The van der Waals surface area contributed by atoms with Crippen LogP contribution in [0.25, 0.3) is 10.6 Å². The third kappa shape index (κ3) is 3.70. The molecular weight excluding hydrogens is 378 g/mol. The monoisotopic (exact) mass is 397 g/mol. The number of para-hydroxylation sites is 1. The van der Waals surface area contributed by atoms with Crippen molar-refractivity contribution < 1.29 is 4.79 Å². The standard InChI is InChI=1S/C21H20ClN3OS/c1-15-19(27-20(23-15)16-7-3-2-4-8-16)21(26)25-13-11-24(12-14-25)18-10-6-5-9-17(18)22/h2-10H,11-14H2,1H3. The average Bonchev–Trinajstić information content (AvgIpc) is 3.10. The van der Waals surface area contributed by atoms with Gasteiger partial charge in [-0.15, -0.1) is 11.3 Å². The van der Waals surface area contributed by atoms with Crippen molar-refractivity contribution in [3.05, 3.63) is 70.2 Å². The van der Waals surface area contributed by atoms with Gasteiger partial charge in [0.25, 0.3) is 5.91 Å². The third-order valence-corrected chi connectivity index (χ3v) is 6.29. The summed E-state index contributed by atoms with van der Waals surface area (Å²) in [5.41, 5.74) is 2.89. The zero-order valence-corrected chi connectivity index (χ0v) is 16.6. The van der Waals surface area contributed by atoms with E-state index in [0.717, 1.165) is 44.9 Å². The molecule has 0 aliphatic carbocycles. The Hall–Kier alpha value is -2.37. The SMILES string of the molecule is Cc1nc(-c2ccccc2)sc1C(=O)N1CCN(c2ccccc2Cl)CC1. The maximum absolute atomic E-state index is 13.0. The van der Waals surface area contributed by atoms with Crippen LogP contribution in [0.15, 0.2) is 54.6 Å². The van der Waals surface area contributed by atoms with Crippen molar-refractivity contribution in [2.24, 2.45) is 0 Å². The third-order valence-electron chi connectivity index (χ3n) is 4.77. The molecule has 1 aliphatic heterocycles. The van der Waals surface area contributed by atoms with Crippen LogP contribution in [0.4, 0.5) is 5.69 Å². The van der Waals surface area contributed by atoms with E-state index in [4.69, 9.17) is 11.6 Å². The van der Waals surface area contributed by atoms with Gasteiger partial charge in [-0.05, 0) is 19.1 Å². The maximum atomic E-state index is 13.0. The van der Waals surface area contributed by atoms with Crippen molar-refractivity contribution in [2.45, 2.75) is 6.92 Å². The van der Waals surface area contributed by atoms with Crippen molar-refractivity contribution in [2.75, 3.05) is 31.1 Å². The van der Waals surface area contributed by atoms with E-state index in [9.17, 15) is 4.79 Å². The Morgan fingerprint density at radius 1 is 1.00 bits per heavy atom. The molecule has 0 spiro atoms. The number of hydrogen-bond acceptors (Lipinski definition) is 4. The number of halogens is 1. The van der Waals surface area contributed by atoms with E-state index in [1.54, 1.807) is 0 Å². The maximum Gasteiger partial charge on any atom is 0.265 e. The summed E-state index contributed by atoms with van der Waals surface area (Å²) >= 11 is 7.78. The van der Waals surface area contributed by atoms with Crippen molar-refractivity contribution in [3.63, 3.8) is 0 Å². The number of benzene rings is 2. The lowest BCUT2D eigenvalue weighted by Gasteiger charge is -2.36. The molecule has 27 heavy (non-hydrogen) atoms. The zero-order chi connectivity index (χ0) is 18.8. The Morgan fingerprint density at radius 3 is 2.37 bits per heavy atom. The summed E-state index contributed by atoms with van der Waals surface area (Å²) in [6.45, 7) is 4.83. The van der Waals surface area contributed by atoms with Gasteiger partial charge in [-0.1, -0.05) is 54.1 Å². The molecule has 0 unspecified atom stereocenters. The topological polar surface area (TPSA) is 36.4 Å². The number of hydrogen-bond donors (Lipinski definition) is 0. The van der Waals surface area contributed by atoms with Crippen LogP contribution in [0.3, 0.4) is 0 Å². The van der Waals surface area contributed by atoms with Gasteiger partial charge in [-0.2, -0.15) is 0 Å². The Kier molecular flexibility index (Phi) is 5.14. The molecule has 1 saturated heterocycles. The summed E-state index contributed by atoms with van der Waals surface area (Å²) in [7, 11) is 0. The first-order chi connectivity index (χ1) is 13.1. The number of carbonyl (C=O) groups excluding carboxylic acids is 1. The van der Waals surface area contributed by atoms with Gasteiger partial charge in [-0.25, -0.2) is 4.98 Å². The Morgan fingerprint density at radius 2 is 1.67 bits per heavy atom. The Balaban J connectivity index is 1.47. The van der Waals surface area contributed by atoms with Crippen molar-refractivity contribution in [1.82, 2.24) is 9.88 Å². The fraction of sp³-hybridized carbons (Fsp3) is 0.238. The van der Waals surface area contributed by atoms with Gasteiger partial charge >= 0.3 is 0 Å². The molecule has 0 bridgehead atoms. The molecular formula is C21H20ClN3OS.